The van der Waals surface area contributed by atoms with Gasteiger partial charge in [0, 0.05) is 0 Å². The SMILES string of the molecule is COc1ccc(C)c(C(C=O)C(=O)O)c1. The third-order valence-electron chi connectivity index (χ3n) is 2.22. The molecule has 1 atom stereocenters. The maximum atomic E-state index is 10.8. The molecule has 1 unspecified atom stereocenters. The molecule has 4 heteroatoms. The first-order valence-corrected chi connectivity index (χ1v) is 4.42. The first-order chi connectivity index (χ1) is 7.10. The van der Waals surface area contributed by atoms with Crippen molar-refractivity contribution in [3.8, 4) is 5.75 Å². The highest BCUT2D eigenvalue weighted by Gasteiger charge is 2.21. The van der Waals surface area contributed by atoms with Crippen LogP contribution in [-0.4, -0.2) is 24.5 Å². The van der Waals surface area contributed by atoms with Gasteiger partial charge in [0.15, 0.2) is 0 Å². The average molecular weight is 208 g/mol. The van der Waals surface area contributed by atoms with Crippen LogP contribution in [0.1, 0.15) is 17.0 Å². The van der Waals surface area contributed by atoms with Crippen LogP contribution in [0.2, 0.25) is 0 Å². The van der Waals surface area contributed by atoms with Crippen LogP contribution < -0.4 is 4.74 Å². The first kappa shape index (κ1) is 11.2. The van der Waals surface area contributed by atoms with Gasteiger partial charge in [-0.2, -0.15) is 0 Å². The van der Waals surface area contributed by atoms with Crippen molar-refractivity contribution < 1.29 is 19.4 Å². The molecule has 1 aromatic carbocycles. The van der Waals surface area contributed by atoms with Crippen molar-refractivity contribution in [2.24, 2.45) is 0 Å². The Hall–Kier alpha value is -1.84. The van der Waals surface area contributed by atoms with E-state index < -0.39 is 11.9 Å². The molecule has 0 saturated carbocycles. The number of aldehydes is 1. The number of carboxylic acids is 1. The normalized spacial score (nSPS) is 11.9. The molecule has 0 heterocycles. The van der Waals surface area contributed by atoms with E-state index in [2.05, 4.69) is 0 Å². The molecule has 0 radical (unpaired) electrons. The molecule has 0 amide bonds. The standard InChI is InChI=1S/C11H12O4/c1-7-3-4-8(15-2)5-9(7)10(6-12)11(13)14/h3-6,10H,1-2H3,(H,13,14). The Bertz CT molecular complexity index is 384. The molecular formula is C11H12O4. The van der Waals surface area contributed by atoms with Crippen molar-refractivity contribution in [2.75, 3.05) is 7.11 Å². The summed E-state index contributed by atoms with van der Waals surface area (Å²) in [5.41, 5.74) is 1.23. The van der Waals surface area contributed by atoms with Gasteiger partial charge >= 0.3 is 5.97 Å². The molecule has 0 fully saturated rings. The highest BCUT2D eigenvalue weighted by atomic mass is 16.5. The van der Waals surface area contributed by atoms with Crippen molar-refractivity contribution in [1.82, 2.24) is 0 Å². The number of hydrogen-bond donors (Lipinski definition) is 1. The zero-order valence-electron chi connectivity index (χ0n) is 8.56. The largest absolute Gasteiger partial charge is 0.497 e. The summed E-state index contributed by atoms with van der Waals surface area (Å²) in [5.74, 6) is -1.73. The van der Waals surface area contributed by atoms with E-state index in [9.17, 15) is 9.59 Å². The fourth-order valence-corrected chi connectivity index (χ4v) is 1.35. The van der Waals surface area contributed by atoms with Crippen LogP contribution in [0.15, 0.2) is 18.2 Å². The Kier molecular flexibility index (Phi) is 3.44. The van der Waals surface area contributed by atoms with Gasteiger partial charge in [-0.25, -0.2) is 0 Å². The fraction of sp³-hybridized carbons (Fsp3) is 0.273. The molecule has 4 nitrogen and oxygen atoms in total. The summed E-state index contributed by atoms with van der Waals surface area (Å²) in [7, 11) is 1.49. The number of aryl methyl sites for hydroxylation is 1. The van der Waals surface area contributed by atoms with Crippen LogP contribution in [-0.2, 0) is 9.59 Å². The molecule has 0 aliphatic rings. The van der Waals surface area contributed by atoms with Gasteiger partial charge in [0.2, 0.25) is 0 Å². The summed E-state index contributed by atoms with van der Waals surface area (Å²) in [5, 5.41) is 8.84. The van der Waals surface area contributed by atoms with Gasteiger partial charge < -0.3 is 14.6 Å². The summed E-state index contributed by atoms with van der Waals surface area (Å²) in [6.45, 7) is 1.76. The van der Waals surface area contributed by atoms with E-state index in [1.807, 2.05) is 0 Å². The summed E-state index contributed by atoms with van der Waals surface area (Å²) in [4.78, 5) is 21.5. The van der Waals surface area contributed by atoms with Crippen LogP contribution in [0.5, 0.6) is 5.75 Å². The molecule has 0 spiro atoms. The van der Waals surface area contributed by atoms with Gasteiger partial charge in [-0.05, 0) is 30.2 Å². The Labute approximate surface area is 87.5 Å². The minimum Gasteiger partial charge on any atom is -0.497 e. The quantitative estimate of drug-likeness (QED) is 0.599. The number of carbonyl (C=O) groups excluding carboxylic acids is 1. The lowest BCUT2D eigenvalue weighted by Crippen LogP contribution is -2.14. The van der Waals surface area contributed by atoms with E-state index >= 15 is 0 Å². The third kappa shape index (κ3) is 2.34. The zero-order chi connectivity index (χ0) is 11.4. The van der Waals surface area contributed by atoms with E-state index in [4.69, 9.17) is 9.84 Å². The lowest BCUT2D eigenvalue weighted by molar-refractivity contribution is -0.140. The Morgan fingerprint density at radius 3 is 2.67 bits per heavy atom. The lowest BCUT2D eigenvalue weighted by Gasteiger charge is -2.10. The molecule has 80 valence electrons. The molecular weight excluding hydrogens is 196 g/mol. The molecule has 0 aromatic heterocycles. The minimum absolute atomic E-state index is 0.421. The van der Waals surface area contributed by atoms with Crippen LogP contribution in [0.4, 0.5) is 0 Å². The maximum Gasteiger partial charge on any atom is 0.318 e. The maximum absolute atomic E-state index is 10.8. The molecule has 0 bridgehead atoms. The van der Waals surface area contributed by atoms with Crippen LogP contribution in [0.3, 0.4) is 0 Å². The van der Waals surface area contributed by atoms with Crippen molar-refractivity contribution in [1.29, 1.82) is 0 Å². The second-order valence-electron chi connectivity index (χ2n) is 3.17. The van der Waals surface area contributed by atoms with Crippen LogP contribution in [0.25, 0.3) is 0 Å². The number of carbonyl (C=O) groups is 2. The Morgan fingerprint density at radius 2 is 2.20 bits per heavy atom. The minimum atomic E-state index is -1.15. The van der Waals surface area contributed by atoms with Gasteiger partial charge in [-0.15, -0.1) is 0 Å². The predicted octanol–water partition coefficient (Wildman–Crippen LogP) is 1.37. The monoisotopic (exact) mass is 208 g/mol. The summed E-state index contributed by atoms with van der Waals surface area (Å²) in [6.07, 6.45) is 0.421. The second kappa shape index (κ2) is 4.59. The van der Waals surface area contributed by atoms with Gasteiger partial charge in [-0.1, -0.05) is 6.07 Å². The average Bonchev–Trinajstić information content (AvgIpc) is 2.21. The van der Waals surface area contributed by atoms with E-state index in [-0.39, 0.29) is 0 Å². The lowest BCUT2D eigenvalue weighted by atomic mass is 9.96. The number of benzene rings is 1. The summed E-state index contributed by atoms with van der Waals surface area (Å²) < 4.78 is 4.98. The van der Waals surface area contributed by atoms with Crippen LogP contribution in [0, 0.1) is 6.92 Å². The molecule has 1 aromatic rings. The van der Waals surface area contributed by atoms with Crippen molar-refractivity contribution in [3.05, 3.63) is 29.3 Å². The summed E-state index contributed by atoms with van der Waals surface area (Å²) >= 11 is 0. The predicted molar refractivity (Wildman–Crippen MR) is 54.2 cm³/mol. The fourth-order valence-electron chi connectivity index (χ4n) is 1.35. The molecule has 0 saturated heterocycles. The van der Waals surface area contributed by atoms with Crippen LogP contribution >= 0.6 is 0 Å². The van der Waals surface area contributed by atoms with Crippen molar-refractivity contribution in [3.63, 3.8) is 0 Å². The molecule has 1 N–H and O–H groups in total. The van der Waals surface area contributed by atoms with E-state index in [1.54, 1.807) is 25.1 Å². The topological polar surface area (TPSA) is 63.6 Å². The number of ether oxygens (including phenoxy) is 1. The number of aliphatic carboxylic acids is 1. The second-order valence-corrected chi connectivity index (χ2v) is 3.17. The highest BCUT2D eigenvalue weighted by molar-refractivity contribution is 5.93. The van der Waals surface area contributed by atoms with E-state index in [1.165, 1.54) is 7.11 Å². The van der Waals surface area contributed by atoms with E-state index in [0.29, 0.717) is 17.6 Å². The van der Waals surface area contributed by atoms with Crippen molar-refractivity contribution >= 4 is 12.3 Å². The third-order valence-corrected chi connectivity index (χ3v) is 2.22. The molecule has 0 aliphatic heterocycles. The van der Waals surface area contributed by atoms with Gasteiger partial charge in [0.1, 0.15) is 18.0 Å². The number of carboxylic acid groups (broad SMARTS) is 1. The molecule has 1 rings (SSSR count). The highest BCUT2D eigenvalue weighted by Crippen LogP contribution is 2.23. The van der Waals surface area contributed by atoms with Gasteiger partial charge in [-0.3, -0.25) is 4.79 Å². The molecule has 0 aliphatic carbocycles. The Balaban J connectivity index is 3.21. The summed E-state index contributed by atoms with van der Waals surface area (Å²) in [6, 6.07) is 5.03. The molecule has 15 heavy (non-hydrogen) atoms. The number of rotatable bonds is 4. The smallest absolute Gasteiger partial charge is 0.318 e. The van der Waals surface area contributed by atoms with E-state index in [0.717, 1.165) is 5.56 Å². The number of hydrogen-bond acceptors (Lipinski definition) is 3. The van der Waals surface area contributed by atoms with Gasteiger partial charge in [0.25, 0.3) is 0 Å². The van der Waals surface area contributed by atoms with Crippen molar-refractivity contribution in [2.45, 2.75) is 12.8 Å². The zero-order valence-corrected chi connectivity index (χ0v) is 8.56. The first-order valence-electron chi connectivity index (χ1n) is 4.42. The Morgan fingerprint density at radius 1 is 1.53 bits per heavy atom. The number of methoxy groups -OCH3 is 1. The van der Waals surface area contributed by atoms with Gasteiger partial charge in [0.05, 0.1) is 7.11 Å².